The second-order valence-corrected chi connectivity index (χ2v) is 6.40. The summed E-state index contributed by atoms with van der Waals surface area (Å²) in [6.45, 7) is 13.7. The number of hydrogen-bond donors (Lipinski definition) is 1. The lowest BCUT2D eigenvalue weighted by atomic mass is 9.84. The van der Waals surface area contributed by atoms with Gasteiger partial charge >= 0.3 is 0 Å². The van der Waals surface area contributed by atoms with E-state index in [4.69, 9.17) is 0 Å². The monoisotopic (exact) mass is 246 g/mol. The van der Waals surface area contributed by atoms with Crippen LogP contribution in [0.2, 0.25) is 0 Å². The summed E-state index contributed by atoms with van der Waals surface area (Å²) >= 11 is 1.93. The fraction of sp³-hybridized carbons (Fsp3) is 1.00. The van der Waals surface area contributed by atoms with Gasteiger partial charge in [0, 0.05) is 24.4 Å². The zero-order chi connectivity index (χ0) is 12.8. The van der Waals surface area contributed by atoms with Crippen LogP contribution in [-0.2, 0) is 0 Å². The first-order chi connectivity index (χ1) is 7.35. The van der Waals surface area contributed by atoms with E-state index < -0.39 is 0 Å². The molecule has 0 aromatic rings. The maximum Gasteiger partial charge on any atom is 0.0155 e. The SMILES string of the molecule is CCNC(C)C(C)(C)CN(C)C(C)CSC. The molecule has 0 rings (SSSR count). The van der Waals surface area contributed by atoms with Crippen molar-refractivity contribution in [2.45, 2.75) is 46.7 Å². The molecule has 16 heavy (non-hydrogen) atoms. The summed E-state index contributed by atoms with van der Waals surface area (Å²) in [5.74, 6) is 1.21. The summed E-state index contributed by atoms with van der Waals surface area (Å²) in [5, 5.41) is 3.53. The van der Waals surface area contributed by atoms with Crippen LogP contribution in [0.15, 0.2) is 0 Å². The fourth-order valence-electron chi connectivity index (χ4n) is 1.89. The van der Waals surface area contributed by atoms with Crippen LogP contribution in [0, 0.1) is 5.41 Å². The van der Waals surface area contributed by atoms with Crippen LogP contribution in [0.4, 0.5) is 0 Å². The molecule has 2 atom stereocenters. The molecule has 0 aliphatic heterocycles. The van der Waals surface area contributed by atoms with Crippen LogP contribution in [0.5, 0.6) is 0 Å². The normalized spacial score (nSPS) is 16.5. The lowest BCUT2D eigenvalue weighted by Gasteiger charge is -2.38. The first-order valence-electron chi connectivity index (χ1n) is 6.27. The van der Waals surface area contributed by atoms with Gasteiger partial charge in [-0.05, 0) is 39.1 Å². The molecular weight excluding hydrogens is 216 g/mol. The maximum atomic E-state index is 3.53. The van der Waals surface area contributed by atoms with Gasteiger partial charge < -0.3 is 10.2 Å². The molecule has 1 N–H and O–H groups in total. The predicted molar refractivity (Wildman–Crippen MR) is 77.4 cm³/mol. The molecule has 0 heterocycles. The van der Waals surface area contributed by atoms with E-state index in [-0.39, 0.29) is 0 Å². The van der Waals surface area contributed by atoms with Crippen LogP contribution in [-0.4, -0.2) is 49.1 Å². The highest BCUT2D eigenvalue weighted by Crippen LogP contribution is 2.22. The summed E-state index contributed by atoms with van der Waals surface area (Å²) in [4.78, 5) is 2.48. The predicted octanol–water partition coefficient (Wildman–Crippen LogP) is 2.69. The minimum absolute atomic E-state index is 0.317. The van der Waals surface area contributed by atoms with E-state index >= 15 is 0 Å². The van der Waals surface area contributed by atoms with E-state index in [1.807, 2.05) is 11.8 Å². The molecule has 0 aliphatic carbocycles. The van der Waals surface area contributed by atoms with Crippen LogP contribution in [0.3, 0.4) is 0 Å². The Kier molecular flexibility index (Phi) is 7.70. The van der Waals surface area contributed by atoms with Crippen LogP contribution < -0.4 is 5.32 Å². The third kappa shape index (κ3) is 5.55. The van der Waals surface area contributed by atoms with Crippen molar-refractivity contribution in [1.82, 2.24) is 10.2 Å². The van der Waals surface area contributed by atoms with Crippen molar-refractivity contribution >= 4 is 11.8 Å². The van der Waals surface area contributed by atoms with Gasteiger partial charge in [-0.2, -0.15) is 11.8 Å². The van der Waals surface area contributed by atoms with E-state index in [0.29, 0.717) is 17.5 Å². The van der Waals surface area contributed by atoms with Gasteiger partial charge in [-0.3, -0.25) is 0 Å². The molecule has 0 aromatic carbocycles. The molecule has 2 nitrogen and oxygen atoms in total. The second-order valence-electron chi connectivity index (χ2n) is 5.49. The van der Waals surface area contributed by atoms with Crippen molar-refractivity contribution in [3.63, 3.8) is 0 Å². The largest absolute Gasteiger partial charge is 0.314 e. The fourth-order valence-corrected chi connectivity index (χ4v) is 2.62. The van der Waals surface area contributed by atoms with Crippen molar-refractivity contribution in [3.8, 4) is 0 Å². The maximum absolute atomic E-state index is 3.53. The highest BCUT2D eigenvalue weighted by molar-refractivity contribution is 7.98. The van der Waals surface area contributed by atoms with Gasteiger partial charge in [0.1, 0.15) is 0 Å². The number of hydrogen-bond acceptors (Lipinski definition) is 3. The first-order valence-corrected chi connectivity index (χ1v) is 7.67. The number of nitrogens with zero attached hydrogens (tertiary/aromatic N) is 1. The van der Waals surface area contributed by atoms with Gasteiger partial charge in [-0.15, -0.1) is 0 Å². The van der Waals surface area contributed by atoms with Gasteiger partial charge in [-0.25, -0.2) is 0 Å². The first kappa shape index (κ1) is 16.3. The zero-order valence-electron chi connectivity index (χ0n) is 12.1. The van der Waals surface area contributed by atoms with E-state index in [0.717, 1.165) is 13.1 Å². The molecule has 98 valence electrons. The number of thioether (sulfide) groups is 1. The standard InChI is InChI=1S/C13H30N2S/c1-8-14-12(3)13(4,5)10-15(6)11(2)9-16-7/h11-12,14H,8-10H2,1-7H3. The summed E-state index contributed by atoms with van der Waals surface area (Å²) in [6.07, 6.45) is 2.18. The van der Waals surface area contributed by atoms with Gasteiger partial charge in [0.25, 0.3) is 0 Å². The Balaban J connectivity index is 4.22. The Morgan fingerprint density at radius 1 is 1.31 bits per heavy atom. The molecule has 3 heteroatoms. The summed E-state index contributed by atoms with van der Waals surface area (Å²) in [6, 6.07) is 1.21. The number of nitrogens with one attached hydrogen (secondary N) is 1. The van der Waals surface area contributed by atoms with Gasteiger partial charge in [-0.1, -0.05) is 20.8 Å². The van der Waals surface area contributed by atoms with Crippen molar-refractivity contribution in [1.29, 1.82) is 0 Å². The van der Waals surface area contributed by atoms with Gasteiger partial charge in [0.2, 0.25) is 0 Å². The molecule has 0 saturated heterocycles. The Morgan fingerprint density at radius 2 is 1.88 bits per heavy atom. The molecule has 0 bridgehead atoms. The molecule has 0 radical (unpaired) electrons. The highest BCUT2D eigenvalue weighted by atomic mass is 32.2. The molecular formula is C13H30N2S. The molecule has 0 amide bonds. The van der Waals surface area contributed by atoms with Gasteiger partial charge in [0.05, 0.1) is 0 Å². The third-order valence-corrected chi connectivity index (χ3v) is 4.32. The molecule has 0 aromatic heterocycles. The van der Waals surface area contributed by atoms with E-state index in [1.54, 1.807) is 0 Å². The Morgan fingerprint density at radius 3 is 2.31 bits per heavy atom. The number of rotatable bonds is 8. The van der Waals surface area contributed by atoms with Crippen LogP contribution >= 0.6 is 11.8 Å². The highest BCUT2D eigenvalue weighted by Gasteiger charge is 2.27. The lowest BCUT2D eigenvalue weighted by molar-refractivity contribution is 0.144. The average Bonchev–Trinajstić information content (AvgIpc) is 2.17. The van der Waals surface area contributed by atoms with E-state index in [1.165, 1.54) is 5.75 Å². The van der Waals surface area contributed by atoms with Crippen molar-refractivity contribution in [3.05, 3.63) is 0 Å². The van der Waals surface area contributed by atoms with E-state index in [2.05, 4.69) is 58.1 Å². The summed E-state index contributed by atoms with van der Waals surface area (Å²) in [5.41, 5.74) is 0.317. The third-order valence-electron chi connectivity index (χ3n) is 3.50. The van der Waals surface area contributed by atoms with Gasteiger partial charge in [0.15, 0.2) is 0 Å². The van der Waals surface area contributed by atoms with Crippen LogP contribution in [0.1, 0.15) is 34.6 Å². The van der Waals surface area contributed by atoms with Crippen molar-refractivity contribution in [2.75, 3.05) is 32.1 Å². The lowest BCUT2D eigenvalue weighted by Crippen LogP contribution is -2.48. The topological polar surface area (TPSA) is 15.3 Å². The van der Waals surface area contributed by atoms with Crippen molar-refractivity contribution in [2.24, 2.45) is 5.41 Å². The molecule has 0 aliphatic rings. The minimum atomic E-state index is 0.317. The molecule has 0 fully saturated rings. The Bertz CT molecular complexity index is 183. The molecule has 2 unspecified atom stereocenters. The quantitative estimate of drug-likeness (QED) is 0.709. The Hall–Kier alpha value is 0.270. The second kappa shape index (κ2) is 7.57. The Labute approximate surface area is 107 Å². The van der Waals surface area contributed by atoms with E-state index in [9.17, 15) is 0 Å². The minimum Gasteiger partial charge on any atom is -0.314 e. The summed E-state index contributed by atoms with van der Waals surface area (Å²) in [7, 11) is 2.24. The van der Waals surface area contributed by atoms with Crippen LogP contribution in [0.25, 0.3) is 0 Å². The van der Waals surface area contributed by atoms with Crippen molar-refractivity contribution < 1.29 is 0 Å². The smallest absolute Gasteiger partial charge is 0.0155 e. The zero-order valence-corrected chi connectivity index (χ0v) is 12.9. The summed E-state index contributed by atoms with van der Waals surface area (Å²) < 4.78 is 0. The molecule has 0 spiro atoms. The molecule has 0 saturated carbocycles. The average molecular weight is 246 g/mol.